The molecule has 0 aliphatic rings. The van der Waals surface area contributed by atoms with Gasteiger partial charge in [0, 0.05) is 14.1 Å². The number of hydrogen-bond donors (Lipinski definition) is 2. The van der Waals surface area contributed by atoms with Gasteiger partial charge in [0.1, 0.15) is 0 Å². The highest BCUT2D eigenvalue weighted by Gasteiger charge is 2.30. The van der Waals surface area contributed by atoms with E-state index in [2.05, 4.69) is 4.98 Å². The number of aromatic nitrogens is 2. The van der Waals surface area contributed by atoms with Crippen LogP contribution in [0.3, 0.4) is 0 Å². The maximum atomic E-state index is 12.4. The van der Waals surface area contributed by atoms with Gasteiger partial charge in [0.05, 0.1) is 11.0 Å². The van der Waals surface area contributed by atoms with Crippen molar-refractivity contribution in [2.75, 3.05) is 14.1 Å². The molecule has 0 amide bonds. The van der Waals surface area contributed by atoms with E-state index in [-0.39, 0.29) is 5.72 Å². The summed E-state index contributed by atoms with van der Waals surface area (Å²) in [6.07, 6.45) is 0. The molecule has 0 saturated carbocycles. The molecule has 2 N–H and O–H groups in total. The summed E-state index contributed by atoms with van der Waals surface area (Å²) in [5.74, 6) is 0. The smallest absolute Gasteiger partial charge is 0.421 e. The monoisotopic (exact) mass is 297 g/mol. The van der Waals surface area contributed by atoms with Gasteiger partial charge in [-0.25, -0.2) is 8.96 Å². The Morgan fingerprint density at radius 1 is 1.20 bits per heavy atom. The third-order valence-electron chi connectivity index (χ3n) is 3.18. The third-order valence-corrected chi connectivity index (χ3v) is 4.94. The number of aryl methyl sites for hydroxylation is 2. The number of hydrogen-bond acceptors (Lipinski definition) is 5. The van der Waals surface area contributed by atoms with Crippen molar-refractivity contribution in [2.45, 2.75) is 13.8 Å². The average Bonchev–Trinajstić information content (AvgIpc) is 2.68. The fourth-order valence-corrected chi connectivity index (χ4v) is 2.99. The number of nitrogens with zero attached hydrogens (tertiary/aromatic N) is 3. The van der Waals surface area contributed by atoms with Crippen LogP contribution in [0, 0.1) is 13.8 Å². The average molecular weight is 297 g/mol. The van der Waals surface area contributed by atoms with Gasteiger partial charge in [-0.05, 0) is 37.1 Å². The Balaban J connectivity index is 2.93. The fraction of sp³-hybridized carbons (Fsp3) is 0.364. The molecule has 0 unspecified atom stereocenters. The lowest BCUT2D eigenvalue weighted by Crippen LogP contribution is -2.44. The zero-order chi connectivity index (χ0) is 15.2. The van der Waals surface area contributed by atoms with Crippen LogP contribution in [0.15, 0.2) is 12.1 Å². The molecule has 2 aromatic rings. The van der Waals surface area contributed by atoms with Gasteiger partial charge in [-0.2, -0.15) is 12.7 Å². The van der Waals surface area contributed by atoms with Crippen LogP contribution in [0.5, 0.6) is 0 Å². The lowest BCUT2D eigenvalue weighted by molar-refractivity contribution is 0.421. The highest BCUT2D eigenvalue weighted by atomic mass is 32.2. The molecule has 0 radical (unpaired) electrons. The summed E-state index contributed by atoms with van der Waals surface area (Å²) in [6.45, 7) is 3.73. The van der Waals surface area contributed by atoms with Gasteiger partial charge in [-0.3, -0.25) is 0 Å². The Kier molecular flexibility index (Phi) is 3.63. The lowest BCUT2D eigenvalue weighted by atomic mass is 9.91. The van der Waals surface area contributed by atoms with Crippen molar-refractivity contribution in [3.63, 3.8) is 0 Å². The molecular weight excluding hydrogens is 281 g/mol. The highest BCUT2D eigenvalue weighted by Crippen LogP contribution is 2.19. The molecule has 0 atom stereocenters. The summed E-state index contributed by atoms with van der Waals surface area (Å²) in [5, 5.41) is 18.8. The summed E-state index contributed by atoms with van der Waals surface area (Å²) < 4.78 is 26.6. The van der Waals surface area contributed by atoms with Crippen molar-refractivity contribution in [1.82, 2.24) is 13.3 Å². The number of benzene rings is 1. The Labute approximate surface area is 117 Å². The Hall–Kier alpha value is -1.42. The summed E-state index contributed by atoms with van der Waals surface area (Å²) in [4.78, 5) is 4.02. The molecule has 7 nitrogen and oxygen atoms in total. The van der Waals surface area contributed by atoms with Crippen molar-refractivity contribution in [1.29, 1.82) is 0 Å². The molecule has 0 fully saturated rings. The normalized spacial score (nSPS) is 12.3. The quantitative estimate of drug-likeness (QED) is 0.708. The standard InChI is InChI=1S/C11H16BN3O4S/c1-7-5-9-10(6-8(7)2)15(11(13-9)12(16)17)20(18,19)14(3)4/h5-6,16-17H,1-4H3. The molecule has 20 heavy (non-hydrogen) atoms. The molecule has 9 heteroatoms. The SMILES string of the molecule is Cc1cc2nc(B(O)O)n(S(=O)(=O)N(C)C)c2cc1C. The lowest BCUT2D eigenvalue weighted by Gasteiger charge is -2.15. The maximum absolute atomic E-state index is 12.4. The number of imidazole rings is 1. The van der Waals surface area contributed by atoms with Crippen LogP contribution in [0.2, 0.25) is 0 Å². The predicted molar refractivity (Wildman–Crippen MR) is 77.0 cm³/mol. The predicted octanol–water partition coefficient (Wildman–Crippen LogP) is -1.01. The minimum absolute atomic E-state index is 0.321. The Morgan fingerprint density at radius 3 is 2.25 bits per heavy atom. The second-order valence-electron chi connectivity index (χ2n) is 4.82. The van der Waals surface area contributed by atoms with Gasteiger partial charge in [-0.15, -0.1) is 0 Å². The van der Waals surface area contributed by atoms with Crippen LogP contribution in [-0.4, -0.2) is 52.9 Å². The van der Waals surface area contributed by atoms with Crippen molar-refractivity contribution < 1.29 is 18.5 Å². The van der Waals surface area contributed by atoms with Crippen LogP contribution < -0.4 is 5.72 Å². The van der Waals surface area contributed by atoms with E-state index in [0.717, 1.165) is 19.4 Å². The van der Waals surface area contributed by atoms with Gasteiger partial charge in [0.2, 0.25) is 0 Å². The first-order valence-corrected chi connectivity index (χ1v) is 7.34. The van der Waals surface area contributed by atoms with Crippen LogP contribution in [-0.2, 0) is 10.2 Å². The van der Waals surface area contributed by atoms with Gasteiger partial charge < -0.3 is 10.0 Å². The van der Waals surface area contributed by atoms with Crippen molar-refractivity contribution in [3.8, 4) is 0 Å². The van der Waals surface area contributed by atoms with Gasteiger partial charge in [-0.1, -0.05) is 0 Å². The van der Waals surface area contributed by atoms with Crippen LogP contribution >= 0.6 is 0 Å². The molecule has 0 aliphatic carbocycles. The molecular formula is C11H16BN3O4S. The first-order chi connectivity index (χ1) is 9.16. The van der Waals surface area contributed by atoms with Gasteiger partial charge >= 0.3 is 17.3 Å². The molecule has 1 aromatic heterocycles. The topological polar surface area (TPSA) is 95.7 Å². The van der Waals surface area contributed by atoms with E-state index in [9.17, 15) is 18.5 Å². The van der Waals surface area contributed by atoms with Gasteiger partial charge in [0.15, 0.2) is 5.72 Å². The maximum Gasteiger partial charge on any atom is 0.527 e. The van der Waals surface area contributed by atoms with E-state index in [0.29, 0.717) is 11.0 Å². The van der Waals surface area contributed by atoms with Crippen molar-refractivity contribution in [2.24, 2.45) is 0 Å². The molecule has 108 valence electrons. The molecule has 2 rings (SSSR count). The molecule has 0 spiro atoms. The second-order valence-corrected chi connectivity index (χ2v) is 6.81. The molecule has 0 bridgehead atoms. The van der Waals surface area contributed by atoms with Crippen molar-refractivity contribution >= 4 is 34.1 Å². The van der Waals surface area contributed by atoms with E-state index in [1.807, 2.05) is 13.8 Å². The zero-order valence-corrected chi connectivity index (χ0v) is 12.5. The fourth-order valence-electron chi connectivity index (χ4n) is 1.90. The highest BCUT2D eigenvalue weighted by molar-refractivity contribution is 7.87. The van der Waals surface area contributed by atoms with Crippen LogP contribution in [0.4, 0.5) is 0 Å². The van der Waals surface area contributed by atoms with E-state index in [4.69, 9.17) is 0 Å². The Morgan fingerprint density at radius 2 is 1.75 bits per heavy atom. The summed E-state index contributed by atoms with van der Waals surface area (Å²) >= 11 is 0. The minimum Gasteiger partial charge on any atom is -0.421 e. The molecule has 0 saturated heterocycles. The second kappa shape index (κ2) is 4.85. The minimum atomic E-state index is -3.90. The van der Waals surface area contributed by atoms with Crippen LogP contribution in [0.1, 0.15) is 11.1 Å². The number of fused-ring (bicyclic) bond motifs is 1. The largest absolute Gasteiger partial charge is 0.527 e. The summed E-state index contributed by atoms with van der Waals surface area (Å²) in [7, 11) is -3.13. The number of rotatable bonds is 3. The third kappa shape index (κ3) is 2.22. The van der Waals surface area contributed by atoms with Crippen LogP contribution in [0.25, 0.3) is 11.0 Å². The Bertz CT molecular complexity index is 768. The van der Waals surface area contributed by atoms with Gasteiger partial charge in [0.25, 0.3) is 0 Å². The van der Waals surface area contributed by atoms with Crippen molar-refractivity contribution in [3.05, 3.63) is 23.3 Å². The summed E-state index contributed by atoms with van der Waals surface area (Å²) in [5.41, 5.74) is 2.25. The van der Waals surface area contributed by atoms with E-state index in [1.54, 1.807) is 12.1 Å². The molecule has 1 aromatic carbocycles. The first-order valence-electron chi connectivity index (χ1n) is 5.95. The van der Waals surface area contributed by atoms with E-state index < -0.39 is 17.3 Å². The zero-order valence-electron chi connectivity index (χ0n) is 11.7. The molecule has 1 heterocycles. The molecule has 0 aliphatic heterocycles. The first kappa shape index (κ1) is 15.0. The van der Waals surface area contributed by atoms with E-state index >= 15 is 0 Å². The summed E-state index contributed by atoms with van der Waals surface area (Å²) in [6, 6.07) is 3.39. The van der Waals surface area contributed by atoms with E-state index in [1.165, 1.54) is 14.1 Å².